The number of alkyl halides is 3. The molecule has 1 unspecified atom stereocenters. The van der Waals surface area contributed by atoms with Crippen LogP contribution >= 0.6 is 0 Å². The maximum Gasteiger partial charge on any atom is 0.410 e. The van der Waals surface area contributed by atoms with Gasteiger partial charge in [0, 0.05) is 63.4 Å². The van der Waals surface area contributed by atoms with Crippen LogP contribution in [0.15, 0.2) is 53.6 Å². The number of halogens is 3. The van der Waals surface area contributed by atoms with Gasteiger partial charge in [0.15, 0.2) is 5.69 Å². The molecule has 0 spiro atoms. The Morgan fingerprint density at radius 1 is 1.11 bits per heavy atom. The average Bonchev–Trinajstić information content (AvgIpc) is 3.39. The number of carbonyl (C=O) groups excluding carboxylic acids is 3. The molecule has 13 nitrogen and oxygen atoms in total. The number of ether oxygens (including phenoxy) is 2. The van der Waals surface area contributed by atoms with E-state index < -0.39 is 35.4 Å². The van der Waals surface area contributed by atoms with Gasteiger partial charge >= 0.3 is 12.2 Å². The zero-order valence-corrected chi connectivity index (χ0v) is 26.5. The lowest BCUT2D eigenvalue weighted by atomic mass is 9.96. The monoisotopic (exact) mass is 661 g/mol. The summed E-state index contributed by atoms with van der Waals surface area (Å²) in [6, 6.07) is 8.68. The molecule has 1 aliphatic heterocycles. The summed E-state index contributed by atoms with van der Waals surface area (Å²) in [4.78, 5) is 51.0. The van der Waals surface area contributed by atoms with Gasteiger partial charge in [-0.05, 0) is 51.0 Å². The summed E-state index contributed by atoms with van der Waals surface area (Å²) in [7, 11) is 0. The summed E-state index contributed by atoms with van der Waals surface area (Å²) in [6.07, 6.45) is -2.28. The van der Waals surface area contributed by atoms with E-state index in [1.165, 1.54) is 50.8 Å². The van der Waals surface area contributed by atoms with Gasteiger partial charge in [-0.1, -0.05) is 17.3 Å². The maximum absolute atomic E-state index is 14.8. The second-order valence-electron chi connectivity index (χ2n) is 12.4. The Morgan fingerprint density at radius 3 is 2.53 bits per heavy atom. The highest BCUT2D eigenvalue weighted by Gasteiger charge is 2.34. The third kappa shape index (κ3) is 11.1. The summed E-state index contributed by atoms with van der Waals surface area (Å²) in [6.45, 7) is 6.66. The summed E-state index contributed by atoms with van der Waals surface area (Å²) < 4.78 is 53.3. The highest BCUT2D eigenvalue weighted by molar-refractivity contribution is 5.92. The maximum atomic E-state index is 14.8. The van der Waals surface area contributed by atoms with Crippen LogP contribution in [-0.4, -0.2) is 73.3 Å². The number of hydrogen-bond acceptors (Lipinski definition) is 8. The number of nitrogens with one attached hydrogen (secondary N) is 2. The van der Waals surface area contributed by atoms with Crippen molar-refractivity contribution in [3.63, 3.8) is 0 Å². The predicted molar refractivity (Wildman–Crippen MR) is 164 cm³/mol. The number of anilines is 1. The summed E-state index contributed by atoms with van der Waals surface area (Å²) in [5.74, 6) is -0.940. The van der Waals surface area contributed by atoms with Gasteiger partial charge in [0.1, 0.15) is 17.5 Å². The van der Waals surface area contributed by atoms with Crippen LogP contribution in [0.2, 0.25) is 0 Å². The van der Waals surface area contributed by atoms with Gasteiger partial charge in [0.25, 0.3) is 11.5 Å². The molecule has 0 saturated carbocycles. The first kappa shape index (κ1) is 35.0. The van der Waals surface area contributed by atoms with Crippen molar-refractivity contribution in [1.82, 2.24) is 29.8 Å². The van der Waals surface area contributed by atoms with Crippen LogP contribution in [-0.2, 0) is 29.2 Å². The van der Waals surface area contributed by atoms with Gasteiger partial charge in [-0.25, -0.2) is 13.9 Å². The number of benzene rings is 1. The third-order valence-electron chi connectivity index (χ3n) is 6.85. The molecular weight excluding hydrogens is 623 g/mol. The molecule has 1 saturated heterocycles. The standard InChI is InChI=1S/C31H38F3N7O6/c1-30(2,3)47-29(45)40-16-21(17-40)13-26(42)36-23-9-11-39(27(43)14-23)10-8-22(32)18-41-19-25(37-38-41)28(44)35-15-20-6-5-7-24(12-20)46-31(4,33)34/h5-7,9,11-12,14,19,21-22H,8,10,13,15-18H2,1-4H3,(H,35,44)(H,36,42). The van der Waals surface area contributed by atoms with Crippen molar-refractivity contribution in [3.05, 3.63) is 70.4 Å². The average molecular weight is 662 g/mol. The summed E-state index contributed by atoms with van der Waals surface area (Å²) >= 11 is 0. The fourth-order valence-electron chi connectivity index (χ4n) is 4.68. The van der Waals surface area contributed by atoms with Crippen LogP contribution in [0.5, 0.6) is 5.75 Å². The minimum absolute atomic E-state index is 0.0102. The first-order chi connectivity index (χ1) is 22.0. The molecule has 2 N–H and O–H groups in total. The Morgan fingerprint density at radius 2 is 1.85 bits per heavy atom. The largest absolute Gasteiger partial charge is 0.444 e. The number of likely N-dealkylation sites (tertiary alicyclic amines) is 1. The van der Waals surface area contributed by atoms with Gasteiger partial charge < -0.3 is 29.6 Å². The fourth-order valence-corrected chi connectivity index (χ4v) is 4.68. The smallest absolute Gasteiger partial charge is 0.410 e. The predicted octanol–water partition coefficient (Wildman–Crippen LogP) is 3.99. The normalized spacial score (nSPS) is 14.2. The minimum atomic E-state index is -3.35. The number of carbonyl (C=O) groups is 3. The quantitative estimate of drug-likeness (QED) is 0.279. The third-order valence-corrected chi connectivity index (χ3v) is 6.85. The lowest BCUT2D eigenvalue weighted by Crippen LogP contribution is -2.52. The van der Waals surface area contributed by atoms with Gasteiger partial charge in [0.05, 0.1) is 12.7 Å². The Labute approximate surface area is 269 Å². The van der Waals surface area contributed by atoms with Crippen molar-refractivity contribution in [1.29, 1.82) is 0 Å². The van der Waals surface area contributed by atoms with E-state index in [2.05, 4.69) is 25.7 Å². The van der Waals surface area contributed by atoms with Gasteiger partial charge in [-0.15, -0.1) is 5.10 Å². The van der Waals surface area contributed by atoms with Crippen LogP contribution < -0.4 is 20.9 Å². The second kappa shape index (κ2) is 14.7. The number of pyridine rings is 1. The fraction of sp³-hybridized carbons (Fsp3) is 0.484. The molecule has 1 aromatic carbocycles. The number of aromatic nitrogens is 4. The molecule has 0 bridgehead atoms. The number of amides is 3. The number of rotatable bonds is 13. The zero-order chi connectivity index (χ0) is 34.4. The van der Waals surface area contributed by atoms with Crippen LogP contribution in [0, 0.1) is 5.92 Å². The van der Waals surface area contributed by atoms with Crippen molar-refractivity contribution in [2.24, 2.45) is 5.92 Å². The number of nitrogens with zero attached hydrogens (tertiary/aromatic N) is 5. The lowest BCUT2D eigenvalue weighted by molar-refractivity contribution is -0.159. The van der Waals surface area contributed by atoms with Gasteiger partial charge in [-0.3, -0.25) is 14.4 Å². The molecule has 3 amide bonds. The molecule has 0 aliphatic carbocycles. The molecule has 47 heavy (non-hydrogen) atoms. The molecule has 16 heteroatoms. The Kier molecular flexibility index (Phi) is 10.9. The van der Waals surface area contributed by atoms with Crippen molar-refractivity contribution in [2.75, 3.05) is 18.4 Å². The summed E-state index contributed by atoms with van der Waals surface area (Å²) in [5.41, 5.74) is -0.244. The van der Waals surface area contributed by atoms with Crippen LogP contribution in [0.25, 0.3) is 0 Å². The van der Waals surface area contributed by atoms with E-state index in [1.807, 2.05) is 0 Å². The van der Waals surface area contributed by atoms with Crippen molar-refractivity contribution < 1.29 is 37.0 Å². The minimum Gasteiger partial charge on any atom is -0.444 e. The van der Waals surface area contributed by atoms with Gasteiger partial charge in [0.2, 0.25) is 5.91 Å². The topological polar surface area (TPSA) is 150 Å². The SMILES string of the molecule is CC(C)(C)OC(=O)N1CC(CC(=O)Nc2ccn(CCC(F)Cn3cc(C(=O)NCc4cccc(OC(C)(F)F)c4)nn3)c(=O)c2)C1. The number of aryl methyl sites for hydroxylation is 1. The van der Waals surface area contributed by atoms with Crippen molar-refractivity contribution >= 4 is 23.6 Å². The Bertz CT molecular complexity index is 1630. The Hall–Kier alpha value is -4.89. The van der Waals surface area contributed by atoms with E-state index in [1.54, 1.807) is 32.9 Å². The van der Waals surface area contributed by atoms with E-state index in [-0.39, 0.29) is 55.7 Å². The molecule has 3 aromatic rings. The van der Waals surface area contributed by atoms with Crippen molar-refractivity contribution in [3.8, 4) is 5.75 Å². The zero-order valence-electron chi connectivity index (χ0n) is 26.5. The highest BCUT2D eigenvalue weighted by Crippen LogP contribution is 2.23. The highest BCUT2D eigenvalue weighted by atomic mass is 19.3. The van der Waals surface area contributed by atoms with E-state index in [0.717, 1.165) is 0 Å². The lowest BCUT2D eigenvalue weighted by Gasteiger charge is -2.39. The molecule has 1 fully saturated rings. The van der Waals surface area contributed by atoms with E-state index in [4.69, 9.17) is 4.74 Å². The first-order valence-corrected chi connectivity index (χ1v) is 15.0. The number of hydrogen-bond donors (Lipinski definition) is 2. The van der Waals surface area contributed by atoms with Crippen LogP contribution in [0.4, 0.5) is 23.7 Å². The van der Waals surface area contributed by atoms with E-state index in [9.17, 15) is 32.3 Å². The molecule has 4 rings (SSSR count). The molecule has 1 aliphatic rings. The molecule has 1 atom stereocenters. The molecule has 3 heterocycles. The molecule has 0 radical (unpaired) electrons. The summed E-state index contributed by atoms with van der Waals surface area (Å²) in [5, 5.41) is 12.8. The Balaban J connectivity index is 1.18. The van der Waals surface area contributed by atoms with E-state index in [0.29, 0.717) is 31.3 Å². The molecule has 2 aromatic heterocycles. The first-order valence-electron chi connectivity index (χ1n) is 15.0. The second-order valence-corrected chi connectivity index (χ2v) is 12.4. The van der Waals surface area contributed by atoms with Crippen molar-refractivity contribution in [2.45, 2.75) is 78.1 Å². The molecule has 254 valence electrons. The van der Waals surface area contributed by atoms with Crippen LogP contribution in [0.1, 0.15) is 56.6 Å². The molecular formula is C31H38F3N7O6. The van der Waals surface area contributed by atoms with E-state index >= 15 is 0 Å². The van der Waals surface area contributed by atoms with Gasteiger partial charge in [-0.2, -0.15) is 8.78 Å². The van der Waals surface area contributed by atoms with Crippen LogP contribution in [0.3, 0.4) is 0 Å².